The molecule has 1 aliphatic rings. The fourth-order valence-electron chi connectivity index (χ4n) is 3.51. The molecule has 7 nitrogen and oxygen atoms in total. The van der Waals surface area contributed by atoms with Gasteiger partial charge in [-0.2, -0.15) is 0 Å². The molecule has 0 spiro atoms. The van der Waals surface area contributed by atoms with Crippen LogP contribution in [0.25, 0.3) is 11.4 Å². The second-order valence-corrected chi connectivity index (χ2v) is 9.26. The van der Waals surface area contributed by atoms with E-state index < -0.39 is 0 Å². The van der Waals surface area contributed by atoms with Crippen LogP contribution in [0.5, 0.6) is 11.5 Å². The first-order valence-electron chi connectivity index (χ1n) is 10.6. The number of nitrogens with one attached hydrogen (secondary N) is 1. The molecule has 8 heteroatoms. The number of rotatable bonds is 7. The summed E-state index contributed by atoms with van der Waals surface area (Å²) in [6.07, 6.45) is 0.680. The lowest BCUT2D eigenvalue weighted by atomic mass is 9.96. The zero-order valence-electron chi connectivity index (χ0n) is 19.2. The third-order valence-corrected chi connectivity index (χ3v) is 6.33. The van der Waals surface area contributed by atoms with E-state index in [1.54, 1.807) is 14.2 Å². The molecule has 0 fully saturated rings. The van der Waals surface area contributed by atoms with Crippen molar-refractivity contribution in [1.29, 1.82) is 0 Å². The van der Waals surface area contributed by atoms with Gasteiger partial charge in [0.15, 0.2) is 5.82 Å². The summed E-state index contributed by atoms with van der Waals surface area (Å²) >= 11 is 1.39. The number of hydrogen-bond donors (Lipinski definition) is 1. The van der Waals surface area contributed by atoms with Crippen LogP contribution in [0.2, 0.25) is 0 Å². The van der Waals surface area contributed by atoms with Gasteiger partial charge in [0.2, 0.25) is 5.91 Å². The molecule has 0 aliphatic carbocycles. The number of ether oxygens (including phenoxy) is 3. The Bertz CT molecular complexity index is 1130. The van der Waals surface area contributed by atoms with Crippen molar-refractivity contribution < 1.29 is 19.0 Å². The van der Waals surface area contributed by atoms with E-state index in [9.17, 15) is 4.79 Å². The molecule has 0 radical (unpaired) electrons. The Morgan fingerprint density at radius 1 is 1.03 bits per heavy atom. The largest absolute Gasteiger partial charge is 0.497 e. The van der Waals surface area contributed by atoms with Gasteiger partial charge in [0.25, 0.3) is 0 Å². The van der Waals surface area contributed by atoms with E-state index in [2.05, 4.69) is 19.2 Å². The minimum Gasteiger partial charge on any atom is -0.497 e. The average Bonchev–Trinajstić information content (AvgIpc) is 2.82. The van der Waals surface area contributed by atoms with Gasteiger partial charge in [-0.15, -0.1) is 0 Å². The number of benzene rings is 2. The monoisotopic (exact) mass is 465 g/mol. The number of thioether (sulfide) groups is 1. The van der Waals surface area contributed by atoms with Crippen LogP contribution in [-0.2, 0) is 22.6 Å². The van der Waals surface area contributed by atoms with Crippen LogP contribution in [0.15, 0.2) is 53.6 Å². The molecular weight excluding hydrogens is 438 g/mol. The summed E-state index contributed by atoms with van der Waals surface area (Å²) in [6, 6.07) is 14.9. The predicted molar refractivity (Wildman–Crippen MR) is 129 cm³/mol. The van der Waals surface area contributed by atoms with E-state index in [0.29, 0.717) is 18.9 Å². The lowest BCUT2D eigenvalue weighted by molar-refractivity contribution is -0.113. The van der Waals surface area contributed by atoms with Crippen LogP contribution in [-0.4, -0.2) is 41.4 Å². The van der Waals surface area contributed by atoms with Crippen LogP contribution in [0.3, 0.4) is 0 Å². The summed E-state index contributed by atoms with van der Waals surface area (Å²) in [5.74, 6) is 2.26. The minimum absolute atomic E-state index is 0.111. The number of amides is 1. The number of hydrogen-bond acceptors (Lipinski definition) is 7. The molecule has 1 aliphatic heterocycles. The van der Waals surface area contributed by atoms with Crippen molar-refractivity contribution in [2.45, 2.75) is 37.5 Å². The summed E-state index contributed by atoms with van der Waals surface area (Å²) in [5, 5.41) is 3.68. The second-order valence-electron chi connectivity index (χ2n) is 8.30. The summed E-state index contributed by atoms with van der Waals surface area (Å²) in [6.45, 7) is 4.54. The second kappa shape index (κ2) is 9.80. The normalized spacial score (nSPS) is 14.3. The van der Waals surface area contributed by atoms with E-state index in [1.807, 2.05) is 48.5 Å². The minimum atomic E-state index is -0.299. The maximum absolute atomic E-state index is 12.6. The van der Waals surface area contributed by atoms with Crippen molar-refractivity contribution in [3.63, 3.8) is 0 Å². The van der Waals surface area contributed by atoms with Crippen molar-refractivity contribution in [2.24, 2.45) is 0 Å². The molecule has 4 rings (SSSR count). The first-order chi connectivity index (χ1) is 15.9. The van der Waals surface area contributed by atoms with E-state index in [-0.39, 0.29) is 17.3 Å². The number of carbonyl (C=O) groups is 1. The molecule has 2 heterocycles. The first-order valence-corrected chi connectivity index (χ1v) is 11.6. The number of carbonyl (C=O) groups excluding carboxylic acids is 1. The quantitative estimate of drug-likeness (QED) is 0.398. The van der Waals surface area contributed by atoms with Crippen LogP contribution >= 0.6 is 11.8 Å². The smallest absolute Gasteiger partial charge is 0.234 e. The van der Waals surface area contributed by atoms with Gasteiger partial charge in [-0.3, -0.25) is 4.79 Å². The highest BCUT2D eigenvalue weighted by Crippen LogP contribution is 2.34. The Kier molecular flexibility index (Phi) is 6.85. The van der Waals surface area contributed by atoms with E-state index in [0.717, 1.165) is 39.0 Å². The molecule has 0 unspecified atom stereocenters. The summed E-state index contributed by atoms with van der Waals surface area (Å²) in [4.78, 5) is 22.2. The topological polar surface area (TPSA) is 82.6 Å². The zero-order valence-corrected chi connectivity index (χ0v) is 20.0. The summed E-state index contributed by atoms with van der Waals surface area (Å²) in [5.41, 5.74) is 3.23. The third-order valence-electron chi connectivity index (χ3n) is 5.32. The van der Waals surface area contributed by atoms with Crippen LogP contribution in [0.1, 0.15) is 25.1 Å². The molecule has 33 heavy (non-hydrogen) atoms. The first kappa shape index (κ1) is 23.1. The number of anilines is 1. The van der Waals surface area contributed by atoms with Crippen LogP contribution in [0, 0.1) is 0 Å². The molecule has 0 saturated carbocycles. The Balaban J connectivity index is 1.55. The molecule has 172 valence electrons. The maximum atomic E-state index is 12.6. The lowest BCUT2D eigenvalue weighted by Crippen LogP contribution is -2.33. The number of methoxy groups -OCH3 is 2. The molecule has 0 atom stereocenters. The molecule has 3 aromatic rings. The van der Waals surface area contributed by atoms with E-state index >= 15 is 0 Å². The average molecular weight is 466 g/mol. The zero-order chi connectivity index (χ0) is 23.4. The fourth-order valence-corrected chi connectivity index (χ4v) is 4.36. The van der Waals surface area contributed by atoms with Crippen molar-refractivity contribution in [2.75, 3.05) is 25.3 Å². The lowest BCUT2D eigenvalue weighted by Gasteiger charge is -2.32. The van der Waals surface area contributed by atoms with E-state index in [1.165, 1.54) is 11.8 Å². The van der Waals surface area contributed by atoms with Crippen molar-refractivity contribution in [1.82, 2.24) is 9.97 Å². The highest BCUT2D eigenvalue weighted by molar-refractivity contribution is 8.00. The van der Waals surface area contributed by atoms with E-state index in [4.69, 9.17) is 24.2 Å². The summed E-state index contributed by atoms with van der Waals surface area (Å²) < 4.78 is 16.4. The molecule has 1 amide bonds. The van der Waals surface area contributed by atoms with Crippen molar-refractivity contribution >= 4 is 23.4 Å². The van der Waals surface area contributed by atoms with Gasteiger partial charge < -0.3 is 19.5 Å². The van der Waals surface area contributed by atoms with Crippen LogP contribution in [0.4, 0.5) is 5.69 Å². The number of aromatic nitrogens is 2. The fraction of sp³-hybridized carbons (Fsp3) is 0.320. The summed E-state index contributed by atoms with van der Waals surface area (Å²) in [7, 11) is 3.25. The molecule has 1 N–H and O–H groups in total. The van der Waals surface area contributed by atoms with Gasteiger partial charge in [0.1, 0.15) is 16.5 Å². The van der Waals surface area contributed by atoms with Crippen molar-refractivity contribution in [3.05, 3.63) is 59.8 Å². The van der Waals surface area contributed by atoms with Crippen molar-refractivity contribution in [3.8, 4) is 22.9 Å². The Morgan fingerprint density at radius 2 is 1.67 bits per heavy atom. The van der Waals surface area contributed by atoms with Crippen LogP contribution < -0.4 is 14.8 Å². The maximum Gasteiger partial charge on any atom is 0.234 e. The highest BCUT2D eigenvalue weighted by atomic mass is 32.2. The highest BCUT2D eigenvalue weighted by Gasteiger charge is 2.30. The number of fused-ring (bicyclic) bond motifs is 1. The number of nitrogens with zero attached hydrogens (tertiary/aromatic N) is 2. The predicted octanol–water partition coefficient (Wildman–Crippen LogP) is 4.74. The molecule has 0 saturated heterocycles. The molecular formula is C25H27N3O4S. The van der Waals surface area contributed by atoms with Gasteiger partial charge in [0, 0.05) is 23.2 Å². The molecule has 0 bridgehead atoms. The Morgan fingerprint density at radius 3 is 2.30 bits per heavy atom. The van der Waals surface area contributed by atoms with Gasteiger partial charge in [-0.05, 0) is 62.4 Å². The van der Waals surface area contributed by atoms with Gasteiger partial charge >= 0.3 is 0 Å². The third kappa shape index (κ3) is 5.64. The Labute approximate surface area is 197 Å². The Hall–Kier alpha value is -3.10. The standard InChI is InChI=1S/C25H27N3O4S/c1-25(2)13-21-20(14-32-25)24(28-23(27-21)16-5-9-18(30-3)10-6-16)33-15-22(29)26-17-7-11-19(31-4)12-8-17/h5-12H,13-15H2,1-4H3,(H,26,29). The van der Waals surface area contributed by atoms with Gasteiger partial charge in [-0.25, -0.2) is 9.97 Å². The van der Waals surface area contributed by atoms with Gasteiger partial charge in [-0.1, -0.05) is 11.8 Å². The van der Waals surface area contributed by atoms with Gasteiger partial charge in [0.05, 0.1) is 37.9 Å². The molecule has 1 aromatic heterocycles. The molecule has 2 aromatic carbocycles. The SMILES string of the molecule is COc1ccc(NC(=O)CSc2nc(-c3ccc(OC)cc3)nc3c2COC(C)(C)C3)cc1.